The lowest BCUT2D eigenvalue weighted by molar-refractivity contribution is -0.118. The van der Waals surface area contributed by atoms with Gasteiger partial charge in [0, 0.05) is 18.1 Å². The van der Waals surface area contributed by atoms with Crippen molar-refractivity contribution in [2.75, 3.05) is 38.0 Å². The first-order chi connectivity index (χ1) is 10.6. The van der Waals surface area contributed by atoms with Gasteiger partial charge in [0.25, 0.3) is 0 Å². The average molecular weight is 399 g/mol. The lowest BCUT2D eigenvalue weighted by atomic mass is 9.79. The van der Waals surface area contributed by atoms with E-state index in [9.17, 15) is 9.18 Å². The second-order valence-corrected chi connectivity index (χ2v) is 6.85. The number of hydrogen-bond acceptors (Lipinski definition) is 3. The van der Waals surface area contributed by atoms with Crippen molar-refractivity contribution < 1.29 is 9.18 Å². The molecule has 2 N–H and O–H groups in total. The molecule has 0 aliphatic carbocycles. The SMILES string of the molecule is Cl.Cl.O=C(CN1CCCC2(CCNC2)C1)Nc1ccc(Cl)cc1F. The van der Waals surface area contributed by atoms with Gasteiger partial charge >= 0.3 is 0 Å². The molecule has 2 aliphatic rings. The molecule has 3 rings (SSSR count). The van der Waals surface area contributed by atoms with Gasteiger partial charge in [-0.25, -0.2) is 4.39 Å². The molecular weight excluding hydrogens is 376 g/mol. The van der Waals surface area contributed by atoms with Crippen LogP contribution >= 0.6 is 36.4 Å². The molecule has 1 amide bonds. The van der Waals surface area contributed by atoms with Crippen LogP contribution in [0.1, 0.15) is 19.3 Å². The lowest BCUT2D eigenvalue weighted by Gasteiger charge is -2.39. The highest BCUT2D eigenvalue weighted by molar-refractivity contribution is 6.30. The highest BCUT2D eigenvalue weighted by atomic mass is 35.5. The van der Waals surface area contributed by atoms with Gasteiger partial charge in [-0.05, 0) is 56.0 Å². The van der Waals surface area contributed by atoms with E-state index in [1.807, 2.05) is 0 Å². The number of amides is 1. The molecule has 4 nitrogen and oxygen atoms in total. The van der Waals surface area contributed by atoms with Gasteiger partial charge in [-0.15, -0.1) is 24.8 Å². The maximum Gasteiger partial charge on any atom is 0.238 e. The van der Waals surface area contributed by atoms with Crippen molar-refractivity contribution in [3.63, 3.8) is 0 Å². The zero-order valence-electron chi connectivity index (χ0n) is 13.3. The molecule has 1 spiro atoms. The van der Waals surface area contributed by atoms with Crippen LogP contribution < -0.4 is 10.6 Å². The van der Waals surface area contributed by atoms with E-state index in [4.69, 9.17) is 11.6 Å². The number of carbonyl (C=O) groups excluding carboxylic acids is 1. The highest BCUT2D eigenvalue weighted by Gasteiger charge is 2.38. The zero-order chi connectivity index (χ0) is 15.6. The molecular formula is C16H23Cl3FN3O. The van der Waals surface area contributed by atoms with Crippen LogP contribution in [-0.4, -0.2) is 43.5 Å². The molecule has 2 heterocycles. The fourth-order valence-electron chi connectivity index (χ4n) is 3.57. The van der Waals surface area contributed by atoms with Crippen molar-refractivity contribution in [3.8, 4) is 0 Å². The summed E-state index contributed by atoms with van der Waals surface area (Å²) >= 11 is 5.71. The molecule has 1 aromatic rings. The Hall–Kier alpha value is -0.590. The van der Waals surface area contributed by atoms with Crippen LogP contribution in [0.15, 0.2) is 18.2 Å². The van der Waals surface area contributed by atoms with Crippen LogP contribution in [0.2, 0.25) is 5.02 Å². The van der Waals surface area contributed by atoms with E-state index in [-0.39, 0.29) is 36.4 Å². The summed E-state index contributed by atoms with van der Waals surface area (Å²) < 4.78 is 13.7. The van der Waals surface area contributed by atoms with Gasteiger partial charge in [-0.2, -0.15) is 0 Å². The molecule has 136 valence electrons. The van der Waals surface area contributed by atoms with E-state index in [1.165, 1.54) is 25.0 Å². The van der Waals surface area contributed by atoms with E-state index < -0.39 is 5.82 Å². The topological polar surface area (TPSA) is 44.4 Å². The van der Waals surface area contributed by atoms with Gasteiger partial charge in [0.05, 0.1) is 12.2 Å². The Morgan fingerprint density at radius 1 is 1.38 bits per heavy atom. The Morgan fingerprint density at radius 3 is 2.83 bits per heavy atom. The Labute approximate surface area is 159 Å². The maximum absolute atomic E-state index is 13.7. The predicted octanol–water partition coefficient (Wildman–Crippen LogP) is 3.34. The number of nitrogens with one attached hydrogen (secondary N) is 2. The molecule has 8 heteroatoms. The normalized spacial score (nSPS) is 23.4. The first-order valence-electron chi connectivity index (χ1n) is 7.74. The zero-order valence-corrected chi connectivity index (χ0v) is 15.7. The standard InChI is InChI=1S/C16H21ClFN3O.2ClH/c17-12-2-3-14(13(18)8-12)20-15(22)9-21-7-1-4-16(11-21)5-6-19-10-16;;/h2-3,8,19H,1,4-7,9-11H2,(H,20,22);2*1H. The smallest absolute Gasteiger partial charge is 0.238 e. The van der Waals surface area contributed by atoms with E-state index >= 15 is 0 Å². The summed E-state index contributed by atoms with van der Waals surface area (Å²) in [6, 6.07) is 4.27. The van der Waals surface area contributed by atoms with Crippen molar-refractivity contribution in [2.24, 2.45) is 5.41 Å². The largest absolute Gasteiger partial charge is 0.322 e. The number of likely N-dealkylation sites (tertiary alicyclic amines) is 1. The summed E-state index contributed by atoms with van der Waals surface area (Å²) in [5, 5.41) is 6.38. The van der Waals surface area contributed by atoms with Gasteiger partial charge in [0.15, 0.2) is 0 Å². The number of nitrogens with zero attached hydrogens (tertiary/aromatic N) is 1. The molecule has 24 heavy (non-hydrogen) atoms. The van der Waals surface area contributed by atoms with Crippen LogP contribution in [0.5, 0.6) is 0 Å². The molecule has 2 fully saturated rings. The number of rotatable bonds is 3. The van der Waals surface area contributed by atoms with Crippen LogP contribution in [0.25, 0.3) is 0 Å². The third kappa shape index (κ3) is 5.20. The average Bonchev–Trinajstić information content (AvgIpc) is 2.90. The number of carbonyl (C=O) groups is 1. The molecule has 1 unspecified atom stereocenters. The monoisotopic (exact) mass is 397 g/mol. The van der Waals surface area contributed by atoms with Crippen LogP contribution in [-0.2, 0) is 4.79 Å². The van der Waals surface area contributed by atoms with Crippen LogP contribution in [0.3, 0.4) is 0 Å². The Kier molecular flexibility index (Phi) is 8.23. The second kappa shape index (κ2) is 9.20. The number of hydrogen-bond donors (Lipinski definition) is 2. The molecule has 0 saturated carbocycles. The molecule has 1 aromatic carbocycles. The molecule has 1 atom stereocenters. The van der Waals surface area contributed by atoms with Gasteiger partial charge in [0.2, 0.25) is 5.91 Å². The molecule has 0 bridgehead atoms. The van der Waals surface area contributed by atoms with E-state index in [0.29, 0.717) is 17.0 Å². The molecule has 2 aliphatic heterocycles. The summed E-state index contributed by atoms with van der Waals surface area (Å²) in [5.41, 5.74) is 0.507. The van der Waals surface area contributed by atoms with Gasteiger partial charge in [-0.1, -0.05) is 11.6 Å². The van der Waals surface area contributed by atoms with E-state index in [0.717, 1.165) is 32.6 Å². The lowest BCUT2D eigenvalue weighted by Crippen LogP contribution is -2.47. The van der Waals surface area contributed by atoms with Crippen LogP contribution in [0, 0.1) is 11.2 Å². The minimum absolute atomic E-state index is 0. The second-order valence-electron chi connectivity index (χ2n) is 6.41. The fraction of sp³-hybridized carbons (Fsp3) is 0.562. The Bertz CT molecular complexity index is 567. The highest BCUT2D eigenvalue weighted by Crippen LogP contribution is 2.35. The Balaban J connectivity index is 0.00000144. The minimum Gasteiger partial charge on any atom is -0.322 e. The number of piperidine rings is 1. The number of benzene rings is 1. The predicted molar refractivity (Wildman–Crippen MR) is 100 cm³/mol. The number of halogens is 4. The van der Waals surface area contributed by atoms with Gasteiger partial charge < -0.3 is 10.6 Å². The first-order valence-corrected chi connectivity index (χ1v) is 8.12. The van der Waals surface area contributed by atoms with Crippen LogP contribution in [0.4, 0.5) is 10.1 Å². The third-order valence-corrected chi connectivity index (χ3v) is 4.88. The maximum atomic E-state index is 13.7. The molecule has 2 saturated heterocycles. The minimum atomic E-state index is -0.504. The fourth-order valence-corrected chi connectivity index (χ4v) is 3.73. The summed E-state index contributed by atoms with van der Waals surface area (Å²) in [6.45, 7) is 4.28. The van der Waals surface area contributed by atoms with Gasteiger partial charge in [0.1, 0.15) is 5.82 Å². The quantitative estimate of drug-likeness (QED) is 0.821. The summed E-state index contributed by atoms with van der Waals surface area (Å²) in [5.74, 6) is -0.680. The third-order valence-electron chi connectivity index (χ3n) is 4.65. The van der Waals surface area contributed by atoms with Crippen molar-refractivity contribution in [1.29, 1.82) is 0 Å². The number of anilines is 1. The van der Waals surface area contributed by atoms with E-state index in [1.54, 1.807) is 6.07 Å². The summed E-state index contributed by atoms with van der Waals surface area (Å²) in [6.07, 6.45) is 3.52. The van der Waals surface area contributed by atoms with Gasteiger partial charge in [-0.3, -0.25) is 9.69 Å². The molecule has 0 aromatic heterocycles. The van der Waals surface area contributed by atoms with Crippen molar-refractivity contribution in [2.45, 2.75) is 19.3 Å². The van der Waals surface area contributed by atoms with Crippen molar-refractivity contribution in [1.82, 2.24) is 10.2 Å². The summed E-state index contributed by atoms with van der Waals surface area (Å²) in [4.78, 5) is 14.3. The first kappa shape index (κ1) is 21.5. The summed E-state index contributed by atoms with van der Waals surface area (Å²) in [7, 11) is 0. The van der Waals surface area contributed by atoms with E-state index in [2.05, 4.69) is 15.5 Å². The van der Waals surface area contributed by atoms with Crippen molar-refractivity contribution >= 4 is 48.0 Å². The Morgan fingerprint density at radius 2 is 2.17 bits per heavy atom. The molecule has 0 radical (unpaired) electrons. The van der Waals surface area contributed by atoms with Crippen molar-refractivity contribution in [3.05, 3.63) is 29.0 Å².